The van der Waals surface area contributed by atoms with E-state index in [1.165, 1.54) is 13.2 Å². The molecule has 21 heavy (non-hydrogen) atoms. The van der Waals surface area contributed by atoms with Crippen LogP contribution >= 0.6 is 34.7 Å². The van der Waals surface area contributed by atoms with Crippen LogP contribution in [0, 0.1) is 5.82 Å². The number of hydrogen-bond donors (Lipinski definition) is 0. The van der Waals surface area contributed by atoms with Gasteiger partial charge in [-0.15, -0.1) is 11.3 Å². The average Bonchev–Trinajstić information content (AvgIpc) is 2.87. The van der Waals surface area contributed by atoms with Gasteiger partial charge in [-0.1, -0.05) is 29.4 Å². The molecule has 0 unspecified atom stereocenters. The predicted molar refractivity (Wildman–Crippen MR) is 87.1 cm³/mol. The van der Waals surface area contributed by atoms with E-state index in [2.05, 4.69) is 4.98 Å². The SMILES string of the molecule is COc1ccc(CSc2nc3cc(Cl)ccc3s2)cc1F. The standard InChI is InChI=1S/C15H11ClFNOS2/c1-19-13-4-2-9(6-11(13)17)8-20-15-18-12-7-10(16)3-5-14(12)21-15/h2-7H,8H2,1H3. The molecule has 0 spiro atoms. The van der Waals surface area contributed by atoms with Crippen LogP contribution in [0.25, 0.3) is 10.2 Å². The average molecular weight is 340 g/mol. The molecule has 0 N–H and O–H groups in total. The maximum absolute atomic E-state index is 13.6. The minimum absolute atomic E-state index is 0.262. The summed E-state index contributed by atoms with van der Waals surface area (Å²) in [4.78, 5) is 4.52. The van der Waals surface area contributed by atoms with Crippen molar-refractivity contribution in [3.63, 3.8) is 0 Å². The molecule has 0 amide bonds. The van der Waals surface area contributed by atoms with Crippen LogP contribution in [0.3, 0.4) is 0 Å². The van der Waals surface area contributed by atoms with Crippen LogP contribution in [0.4, 0.5) is 4.39 Å². The molecule has 0 aliphatic heterocycles. The molecule has 0 radical (unpaired) electrons. The summed E-state index contributed by atoms with van der Waals surface area (Å²) in [5.74, 6) is 0.583. The first-order valence-electron chi connectivity index (χ1n) is 6.17. The lowest BCUT2D eigenvalue weighted by Crippen LogP contribution is -1.89. The Labute approximate surface area is 134 Å². The largest absolute Gasteiger partial charge is 0.494 e. The van der Waals surface area contributed by atoms with E-state index in [0.29, 0.717) is 10.8 Å². The third kappa shape index (κ3) is 3.31. The van der Waals surface area contributed by atoms with Gasteiger partial charge in [0.25, 0.3) is 0 Å². The maximum atomic E-state index is 13.6. The molecule has 2 aromatic carbocycles. The first-order valence-corrected chi connectivity index (χ1v) is 8.35. The summed E-state index contributed by atoms with van der Waals surface area (Å²) in [6.07, 6.45) is 0. The van der Waals surface area contributed by atoms with E-state index in [0.717, 1.165) is 20.1 Å². The Bertz CT molecular complexity index is 790. The van der Waals surface area contributed by atoms with Crippen LogP contribution in [0.5, 0.6) is 5.75 Å². The molecule has 0 atom stereocenters. The summed E-state index contributed by atoms with van der Waals surface area (Å²) < 4.78 is 20.6. The van der Waals surface area contributed by atoms with Crippen molar-refractivity contribution in [1.29, 1.82) is 0 Å². The zero-order valence-corrected chi connectivity index (χ0v) is 13.5. The van der Waals surface area contributed by atoms with Crippen molar-refractivity contribution >= 4 is 44.9 Å². The second-order valence-electron chi connectivity index (χ2n) is 4.35. The number of ether oxygens (including phenoxy) is 1. The van der Waals surface area contributed by atoms with E-state index in [1.54, 1.807) is 29.2 Å². The van der Waals surface area contributed by atoms with Crippen molar-refractivity contribution in [1.82, 2.24) is 4.98 Å². The van der Waals surface area contributed by atoms with Crippen molar-refractivity contribution in [3.8, 4) is 5.75 Å². The summed E-state index contributed by atoms with van der Waals surface area (Å²) in [7, 11) is 1.46. The molecule has 0 saturated carbocycles. The second-order valence-corrected chi connectivity index (χ2v) is 7.04. The highest BCUT2D eigenvalue weighted by atomic mass is 35.5. The first kappa shape index (κ1) is 14.6. The molecule has 1 aromatic heterocycles. The van der Waals surface area contributed by atoms with Crippen molar-refractivity contribution in [2.75, 3.05) is 7.11 Å². The normalized spacial score (nSPS) is 11.0. The number of nitrogens with zero attached hydrogens (tertiary/aromatic N) is 1. The molecule has 1 heterocycles. The lowest BCUT2D eigenvalue weighted by Gasteiger charge is -2.04. The number of rotatable bonds is 4. The minimum Gasteiger partial charge on any atom is -0.494 e. The van der Waals surface area contributed by atoms with Gasteiger partial charge in [0.1, 0.15) is 0 Å². The van der Waals surface area contributed by atoms with Crippen LogP contribution in [0.1, 0.15) is 5.56 Å². The number of halogens is 2. The molecule has 108 valence electrons. The fourth-order valence-corrected chi connectivity index (χ4v) is 4.04. The van der Waals surface area contributed by atoms with Gasteiger partial charge in [-0.3, -0.25) is 0 Å². The molecule has 3 aromatic rings. The van der Waals surface area contributed by atoms with Gasteiger partial charge in [0, 0.05) is 10.8 Å². The van der Waals surface area contributed by atoms with Crippen LogP contribution in [-0.2, 0) is 5.75 Å². The molecular weight excluding hydrogens is 329 g/mol. The summed E-state index contributed by atoms with van der Waals surface area (Å²) in [6, 6.07) is 10.7. The molecule has 0 bridgehead atoms. The highest BCUT2D eigenvalue weighted by Gasteiger charge is 2.07. The topological polar surface area (TPSA) is 22.1 Å². The summed E-state index contributed by atoms with van der Waals surface area (Å²) in [6.45, 7) is 0. The number of methoxy groups -OCH3 is 1. The third-order valence-corrected chi connectivity index (χ3v) is 5.39. The Morgan fingerprint density at radius 3 is 2.90 bits per heavy atom. The smallest absolute Gasteiger partial charge is 0.165 e. The van der Waals surface area contributed by atoms with Crippen molar-refractivity contribution in [2.24, 2.45) is 0 Å². The quantitative estimate of drug-likeness (QED) is 0.595. The first-order chi connectivity index (χ1) is 10.2. The molecule has 2 nitrogen and oxygen atoms in total. The Kier molecular flexibility index (Phi) is 4.33. The van der Waals surface area contributed by atoms with Gasteiger partial charge in [0.15, 0.2) is 15.9 Å². The monoisotopic (exact) mass is 339 g/mol. The number of benzene rings is 2. The maximum Gasteiger partial charge on any atom is 0.165 e. The van der Waals surface area contributed by atoms with E-state index in [-0.39, 0.29) is 11.6 Å². The molecule has 0 aliphatic rings. The fraction of sp³-hybridized carbons (Fsp3) is 0.133. The van der Waals surface area contributed by atoms with Crippen LogP contribution in [0.15, 0.2) is 40.7 Å². The Morgan fingerprint density at radius 2 is 2.14 bits per heavy atom. The molecular formula is C15H11ClFNOS2. The van der Waals surface area contributed by atoms with Crippen LogP contribution in [-0.4, -0.2) is 12.1 Å². The minimum atomic E-state index is -0.341. The molecule has 0 saturated heterocycles. The lowest BCUT2D eigenvalue weighted by molar-refractivity contribution is 0.386. The molecule has 3 rings (SSSR count). The van der Waals surface area contributed by atoms with Gasteiger partial charge >= 0.3 is 0 Å². The van der Waals surface area contributed by atoms with Crippen LogP contribution < -0.4 is 4.74 Å². The van der Waals surface area contributed by atoms with Crippen molar-refractivity contribution in [3.05, 3.63) is 52.8 Å². The van der Waals surface area contributed by atoms with E-state index < -0.39 is 0 Å². The summed E-state index contributed by atoms with van der Waals surface area (Å²) >= 11 is 9.15. The number of thioether (sulfide) groups is 1. The van der Waals surface area contributed by atoms with Gasteiger partial charge < -0.3 is 4.74 Å². The zero-order valence-electron chi connectivity index (χ0n) is 11.1. The van der Waals surface area contributed by atoms with Gasteiger partial charge in [0.2, 0.25) is 0 Å². The van der Waals surface area contributed by atoms with E-state index in [4.69, 9.17) is 16.3 Å². The zero-order chi connectivity index (χ0) is 14.8. The Morgan fingerprint density at radius 1 is 1.29 bits per heavy atom. The summed E-state index contributed by atoms with van der Waals surface area (Å²) in [5, 5.41) is 0.682. The van der Waals surface area contributed by atoms with Crippen molar-refractivity contribution < 1.29 is 9.13 Å². The lowest BCUT2D eigenvalue weighted by atomic mass is 10.2. The van der Waals surface area contributed by atoms with Gasteiger partial charge in [-0.25, -0.2) is 9.37 Å². The predicted octanol–water partition coefficient (Wildman–Crippen LogP) is 5.39. The third-order valence-electron chi connectivity index (χ3n) is 2.91. The van der Waals surface area contributed by atoms with Crippen molar-refractivity contribution in [2.45, 2.75) is 10.1 Å². The Hall–Kier alpha value is -1.30. The highest BCUT2D eigenvalue weighted by Crippen LogP contribution is 2.33. The van der Waals surface area contributed by atoms with Gasteiger partial charge in [0.05, 0.1) is 17.3 Å². The molecule has 0 fully saturated rings. The fourth-order valence-electron chi connectivity index (χ4n) is 1.89. The number of thiazole rings is 1. The number of fused-ring (bicyclic) bond motifs is 1. The second kappa shape index (κ2) is 6.22. The highest BCUT2D eigenvalue weighted by molar-refractivity contribution is 8.00. The van der Waals surface area contributed by atoms with E-state index in [9.17, 15) is 4.39 Å². The van der Waals surface area contributed by atoms with Gasteiger partial charge in [-0.05, 0) is 35.9 Å². The van der Waals surface area contributed by atoms with Crippen LogP contribution in [0.2, 0.25) is 5.02 Å². The Balaban J connectivity index is 1.75. The number of aromatic nitrogens is 1. The number of hydrogen-bond acceptors (Lipinski definition) is 4. The van der Waals surface area contributed by atoms with E-state index >= 15 is 0 Å². The summed E-state index contributed by atoms with van der Waals surface area (Å²) in [5.41, 5.74) is 1.80. The molecule has 6 heteroatoms. The van der Waals surface area contributed by atoms with E-state index in [1.807, 2.05) is 24.3 Å². The molecule has 0 aliphatic carbocycles. The van der Waals surface area contributed by atoms with Gasteiger partial charge in [-0.2, -0.15) is 0 Å².